The summed E-state index contributed by atoms with van der Waals surface area (Å²) < 4.78 is 12.2. The second kappa shape index (κ2) is 7.75. The predicted molar refractivity (Wildman–Crippen MR) is 104 cm³/mol. The van der Waals surface area contributed by atoms with Crippen LogP contribution in [0.4, 0.5) is 0 Å². The molecule has 0 aliphatic carbocycles. The number of rotatable bonds is 4. The van der Waals surface area contributed by atoms with Gasteiger partial charge in [0.2, 0.25) is 0 Å². The first kappa shape index (κ1) is 18.2. The first-order valence-electron chi connectivity index (χ1n) is 7.02. The van der Waals surface area contributed by atoms with Gasteiger partial charge in [0, 0.05) is 21.6 Å². The molecule has 0 fully saturated rings. The quantitative estimate of drug-likeness (QED) is 0.434. The molecule has 0 saturated carbocycles. The molecule has 3 nitrogen and oxygen atoms in total. The van der Waals surface area contributed by atoms with Crippen LogP contribution >= 0.6 is 50.7 Å². The molecule has 0 spiro atoms. The van der Waals surface area contributed by atoms with Crippen LogP contribution in [-0.4, -0.2) is 5.11 Å². The summed E-state index contributed by atoms with van der Waals surface area (Å²) >= 11 is 21.6. The Kier molecular flexibility index (Phi) is 5.64. The molecule has 1 N–H and O–H groups in total. The zero-order valence-electron chi connectivity index (χ0n) is 12.5. The molecule has 25 heavy (non-hydrogen) atoms. The SMILES string of the molecule is Oc1ccccc1Oc1cc(Cl)c(Br)cc1Oc1ccc(Cl)cc1Cl. The average Bonchev–Trinajstić information content (AvgIpc) is 2.56. The fourth-order valence-corrected chi connectivity index (χ4v) is 2.93. The van der Waals surface area contributed by atoms with Gasteiger partial charge in [-0.15, -0.1) is 0 Å². The molecule has 0 unspecified atom stereocenters. The lowest BCUT2D eigenvalue weighted by atomic mass is 10.3. The van der Waals surface area contributed by atoms with Gasteiger partial charge in [0.1, 0.15) is 5.75 Å². The van der Waals surface area contributed by atoms with E-state index in [1.54, 1.807) is 48.5 Å². The van der Waals surface area contributed by atoms with Crippen molar-refractivity contribution in [2.45, 2.75) is 0 Å². The number of para-hydroxylation sites is 2. The van der Waals surface area contributed by atoms with E-state index in [4.69, 9.17) is 44.3 Å². The van der Waals surface area contributed by atoms with Crippen LogP contribution in [0.15, 0.2) is 59.1 Å². The number of hydrogen-bond acceptors (Lipinski definition) is 3. The molecule has 0 aliphatic rings. The van der Waals surface area contributed by atoms with Crippen molar-refractivity contribution in [3.05, 3.63) is 74.1 Å². The predicted octanol–water partition coefficient (Wildman–Crippen LogP) is 7.70. The summed E-state index contributed by atoms with van der Waals surface area (Å²) in [5.74, 6) is 1.36. The van der Waals surface area contributed by atoms with Crippen LogP contribution in [0.1, 0.15) is 0 Å². The van der Waals surface area contributed by atoms with E-state index >= 15 is 0 Å². The molecule has 0 amide bonds. The molecule has 128 valence electrons. The third kappa shape index (κ3) is 4.33. The van der Waals surface area contributed by atoms with Gasteiger partial charge in [-0.3, -0.25) is 0 Å². The first-order valence-corrected chi connectivity index (χ1v) is 8.94. The average molecular weight is 461 g/mol. The van der Waals surface area contributed by atoms with E-state index in [1.807, 2.05) is 0 Å². The van der Waals surface area contributed by atoms with Crippen LogP contribution in [0.2, 0.25) is 15.1 Å². The van der Waals surface area contributed by atoms with E-state index in [1.165, 1.54) is 6.07 Å². The summed E-state index contributed by atoms with van der Waals surface area (Å²) in [6, 6.07) is 14.7. The second-order valence-electron chi connectivity index (χ2n) is 4.96. The lowest BCUT2D eigenvalue weighted by molar-refractivity contribution is 0.389. The summed E-state index contributed by atoms with van der Waals surface area (Å²) in [7, 11) is 0. The molecular weight excluding hydrogens is 450 g/mol. The Labute approximate surface area is 167 Å². The number of aromatic hydroxyl groups is 1. The summed E-state index contributed by atoms with van der Waals surface area (Å²) in [5.41, 5.74) is 0. The van der Waals surface area contributed by atoms with Gasteiger partial charge in [0.25, 0.3) is 0 Å². The highest BCUT2D eigenvalue weighted by Gasteiger charge is 2.15. The highest BCUT2D eigenvalue weighted by atomic mass is 79.9. The van der Waals surface area contributed by atoms with Crippen molar-refractivity contribution < 1.29 is 14.6 Å². The maximum Gasteiger partial charge on any atom is 0.171 e. The van der Waals surface area contributed by atoms with Crippen molar-refractivity contribution >= 4 is 50.7 Å². The number of phenolic OH excluding ortho intramolecular Hbond substituents is 1. The summed E-state index contributed by atoms with van der Waals surface area (Å²) in [6.07, 6.45) is 0. The van der Waals surface area contributed by atoms with E-state index in [2.05, 4.69) is 15.9 Å². The molecule has 0 saturated heterocycles. The van der Waals surface area contributed by atoms with Gasteiger partial charge in [-0.1, -0.05) is 46.9 Å². The largest absolute Gasteiger partial charge is 0.504 e. The molecular formula is C18H10BrCl3O3. The first-order chi connectivity index (χ1) is 11.9. The summed E-state index contributed by atoms with van der Waals surface area (Å²) in [4.78, 5) is 0. The molecule has 0 heterocycles. The maximum absolute atomic E-state index is 9.91. The Morgan fingerprint density at radius 1 is 0.720 bits per heavy atom. The van der Waals surface area contributed by atoms with Gasteiger partial charge < -0.3 is 14.6 Å². The van der Waals surface area contributed by atoms with Crippen LogP contribution in [0, 0.1) is 0 Å². The number of benzene rings is 3. The van der Waals surface area contributed by atoms with E-state index in [-0.39, 0.29) is 11.5 Å². The third-order valence-electron chi connectivity index (χ3n) is 3.19. The summed E-state index contributed by atoms with van der Waals surface area (Å²) in [5, 5.41) is 11.2. The van der Waals surface area contributed by atoms with Gasteiger partial charge in [-0.25, -0.2) is 0 Å². The van der Waals surface area contributed by atoms with Crippen LogP contribution in [-0.2, 0) is 0 Å². The smallest absolute Gasteiger partial charge is 0.171 e. The van der Waals surface area contributed by atoms with Gasteiger partial charge >= 0.3 is 0 Å². The fourth-order valence-electron chi connectivity index (χ4n) is 2.01. The number of ether oxygens (including phenoxy) is 2. The van der Waals surface area contributed by atoms with Crippen LogP contribution in [0.3, 0.4) is 0 Å². The molecule has 7 heteroatoms. The summed E-state index contributed by atoms with van der Waals surface area (Å²) in [6.45, 7) is 0. The second-order valence-corrected chi connectivity index (χ2v) is 7.06. The van der Waals surface area contributed by atoms with E-state index < -0.39 is 0 Å². The molecule has 0 aromatic heterocycles. The van der Waals surface area contributed by atoms with Gasteiger partial charge in [-0.2, -0.15) is 0 Å². The van der Waals surface area contributed by atoms with Crippen molar-refractivity contribution in [2.24, 2.45) is 0 Å². The highest BCUT2D eigenvalue weighted by molar-refractivity contribution is 9.10. The van der Waals surface area contributed by atoms with Gasteiger partial charge in [-0.05, 0) is 46.3 Å². The van der Waals surface area contributed by atoms with Crippen molar-refractivity contribution in [3.8, 4) is 28.7 Å². The zero-order valence-corrected chi connectivity index (χ0v) is 16.3. The Bertz CT molecular complexity index is 931. The third-order valence-corrected chi connectivity index (χ3v) is 4.91. The van der Waals surface area contributed by atoms with Crippen molar-refractivity contribution in [1.29, 1.82) is 0 Å². The fraction of sp³-hybridized carbons (Fsp3) is 0. The van der Waals surface area contributed by atoms with Gasteiger partial charge in [0.05, 0.1) is 10.0 Å². The molecule has 0 radical (unpaired) electrons. The topological polar surface area (TPSA) is 38.7 Å². The number of phenols is 1. The monoisotopic (exact) mass is 458 g/mol. The number of halogens is 4. The Morgan fingerprint density at radius 2 is 1.40 bits per heavy atom. The van der Waals surface area contributed by atoms with Crippen molar-refractivity contribution in [3.63, 3.8) is 0 Å². The zero-order chi connectivity index (χ0) is 18.0. The molecule has 0 bridgehead atoms. The lowest BCUT2D eigenvalue weighted by Gasteiger charge is -2.15. The Hall–Kier alpha value is -1.59. The van der Waals surface area contributed by atoms with Gasteiger partial charge in [0.15, 0.2) is 23.0 Å². The minimum Gasteiger partial charge on any atom is -0.504 e. The maximum atomic E-state index is 9.91. The van der Waals surface area contributed by atoms with Crippen molar-refractivity contribution in [2.75, 3.05) is 0 Å². The lowest BCUT2D eigenvalue weighted by Crippen LogP contribution is -1.92. The Morgan fingerprint density at radius 3 is 2.12 bits per heavy atom. The highest BCUT2D eigenvalue weighted by Crippen LogP contribution is 2.43. The van der Waals surface area contributed by atoms with E-state index in [0.717, 1.165) is 0 Å². The standard InChI is InChI=1S/C18H10BrCl3O3/c19-11-8-17(24-15-6-5-10(20)7-13(15)22)18(9-12(11)21)25-16-4-2-1-3-14(16)23/h1-9,23H. The van der Waals surface area contributed by atoms with Crippen LogP contribution < -0.4 is 9.47 Å². The van der Waals surface area contributed by atoms with E-state index in [0.29, 0.717) is 36.8 Å². The Balaban J connectivity index is 2.00. The molecule has 3 aromatic carbocycles. The molecule has 0 aliphatic heterocycles. The van der Waals surface area contributed by atoms with Crippen molar-refractivity contribution in [1.82, 2.24) is 0 Å². The van der Waals surface area contributed by atoms with Crippen LogP contribution in [0.25, 0.3) is 0 Å². The van der Waals surface area contributed by atoms with E-state index in [9.17, 15) is 5.11 Å². The molecule has 3 aromatic rings. The minimum absolute atomic E-state index is 0.00276. The number of hydrogen-bond donors (Lipinski definition) is 1. The molecule has 0 atom stereocenters. The van der Waals surface area contributed by atoms with Crippen LogP contribution in [0.5, 0.6) is 28.7 Å². The normalized spacial score (nSPS) is 10.6. The molecule has 3 rings (SSSR count). The minimum atomic E-state index is -0.00276.